The van der Waals surface area contributed by atoms with Crippen LogP contribution in [-0.2, 0) is 6.42 Å². The molecule has 1 heterocycles. The molecule has 0 radical (unpaired) electrons. The highest BCUT2D eigenvalue weighted by atomic mass is 79.9. The van der Waals surface area contributed by atoms with E-state index in [0.717, 1.165) is 25.8 Å². The third-order valence-corrected chi connectivity index (χ3v) is 4.01. The van der Waals surface area contributed by atoms with Gasteiger partial charge in [-0.25, -0.2) is 0 Å². The van der Waals surface area contributed by atoms with Crippen LogP contribution in [0, 0.1) is 11.3 Å². The molecular formula is C10H7BrN2S. The van der Waals surface area contributed by atoms with Gasteiger partial charge < -0.3 is 5.73 Å². The topological polar surface area (TPSA) is 49.8 Å². The predicted molar refractivity (Wildman–Crippen MR) is 63.3 cm³/mol. The fraction of sp³-hybridized carbons (Fsp3) is 0.100. The SMILES string of the molecule is N#CCc1ccc(Br)c2scc(N)c12. The second kappa shape index (κ2) is 3.60. The quantitative estimate of drug-likeness (QED) is 0.861. The Balaban J connectivity index is 2.80. The Morgan fingerprint density at radius 2 is 2.29 bits per heavy atom. The number of hydrogen-bond acceptors (Lipinski definition) is 3. The van der Waals surface area contributed by atoms with E-state index >= 15 is 0 Å². The van der Waals surface area contributed by atoms with Gasteiger partial charge in [-0.15, -0.1) is 11.3 Å². The van der Waals surface area contributed by atoms with Crippen molar-refractivity contribution in [1.82, 2.24) is 0 Å². The highest BCUT2D eigenvalue weighted by Crippen LogP contribution is 2.36. The number of fused-ring (bicyclic) bond motifs is 1. The number of halogens is 1. The first kappa shape index (κ1) is 9.50. The molecule has 0 aliphatic heterocycles. The van der Waals surface area contributed by atoms with Gasteiger partial charge in [-0.1, -0.05) is 6.07 Å². The minimum atomic E-state index is 0.407. The Labute approximate surface area is 94.1 Å². The van der Waals surface area contributed by atoms with Gasteiger partial charge in [0.25, 0.3) is 0 Å². The summed E-state index contributed by atoms with van der Waals surface area (Å²) in [6.45, 7) is 0. The Bertz CT molecular complexity index is 525. The maximum absolute atomic E-state index is 8.68. The van der Waals surface area contributed by atoms with Crippen molar-refractivity contribution in [3.05, 3.63) is 27.5 Å². The average Bonchev–Trinajstić information content (AvgIpc) is 2.55. The summed E-state index contributed by atoms with van der Waals surface area (Å²) in [5.41, 5.74) is 7.62. The van der Waals surface area contributed by atoms with Gasteiger partial charge in [0.1, 0.15) is 0 Å². The van der Waals surface area contributed by atoms with E-state index < -0.39 is 0 Å². The van der Waals surface area contributed by atoms with E-state index in [4.69, 9.17) is 11.0 Å². The van der Waals surface area contributed by atoms with Crippen molar-refractivity contribution in [3.63, 3.8) is 0 Å². The lowest BCUT2D eigenvalue weighted by Crippen LogP contribution is -1.87. The fourth-order valence-corrected chi connectivity index (χ4v) is 2.96. The first-order chi connectivity index (χ1) is 6.74. The Kier molecular flexibility index (Phi) is 2.44. The fourth-order valence-electron chi connectivity index (χ4n) is 1.44. The molecule has 0 atom stereocenters. The van der Waals surface area contributed by atoms with Gasteiger partial charge in [-0.05, 0) is 27.6 Å². The van der Waals surface area contributed by atoms with Crippen LogP contribution >= 0.6 is 27.3 Å². The number of anilines is 1. The Morgan fingerprint density at radius 1 is 1.50 bits per heavy atom. The monoisotopic (exact) mass is 266 g/mol. The van der Waals surface area contributed by atoms with Crippen molar-refractivity contribution in [2.24, 2.45) is 0 Å². The van der Waals surface area contributed by atoms with E-state index in [1.807, 2.05) is 17.5 Å². The molecule has 70 valence electrons. The van der Waals surface area contributed by atoms with Crippen molar-refractivity contribution in [1.29, 1.82) is 5.26 Å². The molecule has 2 rings (SSSR count). The summed E-state index contributed by atoms with van der Waals surface area (Å²) in [6, 6.07) is 6.05. The summed E-state index contributed by atoms with van der Waals surface area (Å²) in [5, 5.41) is 11.6. The van der Waals surface area contributed by atoms with Crippen molar-refractivity contribution in [3.8, 4) is 6.07 Å². The van der Waals surface area contributed by atoms with Crippen LogP contribution in [0.4, 0.5) is 5.69 Å². The number of thiophene rings is 1. The van der Waals surface area contributed by atoms with Crippen molar-refractivity contribution >= 4 is 43.0 Å². The van der Waals surface area contributed by atoms with Crippen LogP contribution < -0.4 is 5.73 Å². The van der Waals surface area contributed by atoms with Gasteiger partial charge in [0, 0.05) is 15.2 Å². The molecule has 1 aromatic carbocycles. The van der Waals surface area contributed by atoms with Crippen LogP contribution in [0.1, 0.15) is 5.56 Å². The third-order valence-electron chi connectivity index (χ3n) is 2.06. The molecular weight excluding hydrogens is 260 g/mol. The van der Waals surface area contributed by atoms with E-state index in [0.29, 0.717) is 6.42 Å². The molecule has 14 heavy (non-hydrogen) atoms. The molecule has 0 fully saturated rings. The summed E-state index contributed by atoms with van der Waals surface area (Å²) >= 11 is 5.07. The van der Waals surface area contributed by atoms with Crippen LogP contribution in [0.5, 0.6) is 0 Å². The van der Waals surface area contributed by atoms with E-state index in [2.05, 4.69) is 22.0 Å². The standard InChI is InChI=1S/C10H7BrN2S/c11-7-2-1-6(3-4-12)9-8(13)5-14-10(7)9/h1-2,5H,3,13H2. The molecule has 0 aliphatic rings. The Hall–Kier alpha value is -1.05. The second-order valence-corrected chi connectivity index (χ2v) is 4.67. The number of nitrogens with two attached hydrogens (primary N) is 1. The molecule has 2 nitrogen and oxygen atoms in total. The van der Waals surface area contributed by atoms with Crippen molar-refractivity contribution < 1.29 is 0 Å². The average molecular weight is 267 g/mol. The zero-order valence-electron chi connectivity index (χ0n) is 7.25. The molecule has 0 bridgehead atoms. The lowest BCUT2D eigenvalue weighted by Gasteiger charge is -2.01. The number of nitrogens with zero attached hydrogens (tertiary/aromatic N) is 1. The van der Waals surface area contributed by atoms with Crippen LogP contribution in [0.3, 0.4) is 0 Å². The van der Waals surface area contributed by atoms with Crippen molar-refractivity contribution in [2.75, 3.05) is 5.73 Å². The molecule has 4 heteroatoms. The third kappa shape index (κ3) is 1.39. The summed E-state index contributed by atoms with van der Waals surface area (Å²) in [7, 11) is 0. The van der Waals surface area contributed by atoms with Crippen LogP contribution in [0.15, 0.2) is 22.0 Å². The predicted octanol–water partition coefficient (Wildman–Crippen LogP) is 3.31. The first-order valence-electron chi connectivity index (χ1n) is 4.05. The smallest absolute Gasteiger partial charge is 0.0669 e. The summed E-state index contributed by atoms with van der Waals surface area (Å²) in [5.74, 6) is 0. The largest absolute Gasteiger partial charge is 0.398 e. The van der Waals surface area contributed by atoms with E-state index in [1.54, 1.807) is 11.3 Å². The van der Waals surface area contributed by atoms with E-state index in [-0.39, 0.29) is 0 Å². The zero-order chi connectivity index (χ0) is 10.1. The molecule has 0 spiro atoms. The molecule has 0 saturated carbocycles. The minimum absolute atomic E-state index is 0.407. The highest BCUT2D eigenvalue weighted by molar-refractivity contribution is 9.10. The maximum atomic E-state index is 8.68. The second-order valence-electron chi connectivity index (χ2n) is 2.94. The lowest BCUT2D eigenvalue weighted by molar-refractivity contribution is 1.29. The number of benzene rings is 1. The molecule has 0 amide bonds. The number of rotatable bonds is 1. The Morgan fingerprint density at radius 3 is 3.00 bits per heavy atom. The summed E-state index contributed by atoms with van der Waals surface area (Å²) in [4.78, 5) is 0. The molecule has 2 N–H and O–H groups in total. The number of nitriles is 1. The highest BCUT2D eigenvalue weighted by Gasteiger charge is 2.09. The van der Waals surface area contributed by atoms with Gasteiger partial charge in [0.2, 0.25) is 0 Å². The lowest BCUT2D eigenvalue weighted by atomic mass is 10.1. The van der Waals surface area contributed by atoms with Crippen molar-refractivity contribution in [2.45, 2.75) is 6.42 Å². The van der Waals surface area contributed by atoms with Gasteiger partial charge in [-0.3, -0.25) is 0 Å². The van der Waals surface area contributed by atoms with Gasteiger partial charge in [0.05, 0.1) is 22.9 Å². The summed E-state index contributed by atoms with van der Waals surface area (Å²) in [6.07, 6.45) is 0.407. The normalized spacial score (nSPS) is 10.3. The van der Waals surface area contributed by atoms with Gasteiger partial charge in [0.15, 0.2) is 0 Å². The number of nitrogen functional groups attached to an aromatic ring is 1. The first-order valence-corrected chi connectivity index (χ1v) is 5.72. The molecule has 2 aromatic rings. The van der Waals surface area contributed by atoms with Gasteiger partial charge in [-0.2, -0.15) is 5.26 Å². The zero-order valence-corrected chi connectivity index (χ0v) is 9.65. The van der Waals surface area contributed by atoms with E-state index in [1.165, 1.54) is 0 Å². The molecule has 0 unspecified atom stereocenters. The minimum Gasteiger partial charge on any atom is -0.398 e. The molecule has 0 saturated heterocycles. The van der Waals surface area contributed by atoms with Gasteiger partial charge >= 0.3 is 0 Å². The van der Waals surface area contributed by atoms with Crippen LogP contribution in [0.2, 0.25) is 0 Å². The molecule has 1 aromatic heterocycles. The molecule has 0 aliphatic carbocycles. The number of hydrogen-bond donors (Lipinski definition) is 1. The van der Waals surface area contributed by atoms with Crippen LogP contribution in [0.25, 0.3) is 10.1 Å². The maximum Gasteiger partial charge on any atom is 0.0669 e. The van der Waals surface area contributed by atoms with E-state index in [9.17, 15) is 0 Å². The van der Waals surface area contributed by atoms with Crippen LogP contribution in [-0.4, -0.2) is 0 Å². The summed E-state index contributed by atoms with van der Waals surface area (Å²) < 4.78 is 2.16.